The summed E-state index contributed by atoms with van der Waals surface area (Å²) in [4.78, 5) is 28.1. The van der Waals surface area contributed by atoms with Crippen LogP contribution in [0.15, 0.2) is 84.9 Å². The van der Waals surface area contributed by atoms with Crippen LogP contribution in [0.1, 0.15) is 53.0 Å². The molecular formula is C29H29NO3. The smallest absolute Gasteiger partial charge is 0.261 e. The van der Waals surface area contributed by atoms with Crippen LogP contribution in [0, 0.1) is 11.8 Å². The number of carbonyl (C=O) groups is 2. The van der Waals surface area contributed by atoms with E-state index in [2.05, 4.69) is 38.1 Å². The van der Waals surface area contributed by atoms with Gasteiger partial charge in [0.1, 0.15) is 5.75 Å². The first-order valence-corrected chi connectivity index (χ1v) is 11.7. The van der Waals surface area contributed by atoms with E-state index in [1.807, 2.05) is 48.5 Å². The van der Waals surface area contributed by atoms with E-state index in [9.17, 15) is 9.59 Å². The van der Waals surface area contributed by atoms with Crippen molar-refractivity contribution in [2.45, 2.75) is 38.1 Å². The Labute approximate surface area is 195 Å². The highest BCUT2D eigenvalue weighted by Crippen LogP contribution is 2.47. The van der Waals surface area contributed by atoms with Crippen molar-refractivity contribution in [3.63, 3.8) is 0 Å². The second-order valence-corrected chi connectivity index (χ2v) is 9.73. The maximum Gasteiger partial charge on any atom is 0.261 e. The standard InChI is InChI=1S/C29H29NO3/c1-29(2,21-11-5-3-6-12-21)22-17-20(19-33-23-13-7-4-8-14-23)26(18-22)30-27(31)24-15-9-10-16-25(24)28(30)32/h3-16,20,22,26H,17-19H2,1-2H3. The highest BCUT2D eigenvalue weighted by molar-refractivity contribution is 6.21. The lowest BCUT2D eigenvalue weighted by molar-refractivity contribution is 0.0519. The molecule has 1 saturated carbocycles. The van der Waals surface area contributed by atoms with E-state index >= 15 is 0 Å². The van der Waals surface area contributed by atoms with Crippen LogP contribution in [0.25, 0.3) is 0 Å². The molecular weight excluding hydrogens is 410 g/mol. The number of benzene rings is 3. The molecule has 2 aliphatic rings. The van der Waals surface area contributed by atoms with Gasteiger partial charge in [0.25, 0.3) is 11.8 Å². The quantitative estimate of drug-likeness (QED) is 0.461. The van der Waals surface area contributed by atoms with E-state index in [0.29, 0.717) is 23.7 Å². The van der Waals surface area contributed by atoms with E-state index in [-0.39, 0.29) is 29.2 Å². The van der Waals surface area contributed by atoms with Crippen molar-refractivity contribution in [3.05, 3.63) is 102 Å². The minimum atomic E-state index is -0.186. The minimum absolute atomic E-state index is 0.0698. The predicted molar refractivity (Wildman–Crippen MR) is 128 cm³/mol. The van der Waals surface area contributed by atoms with Gasteiger partial charge in [-0.15, -0.1) is 0 Å². The van der Waals surface area contributed by atoms with Crippen LogP contribution in [-0.4, -0.2) is 29.4 Å². The van der Waals surface area contributed by atoms with Gasteiger partial charge in [-0.1, -0.05) is 74.5 Å². The van der Waals surface area contributed by atoms with Gasteiger partial charge in [0.05, 0.1) is 17.7 Å². The molecule has 168 valence electrons. The zero-order valence-electron chi connectivity index (χ0n) is 19.1. The van der Waals surface area contributed by atoms with E-state index in [1.165, 1.54) is 10.5 Å². The van der Waals surface area contributed by atoms with Gasteiger partial charge in [-0.2, -0.15) is 0 Å². The first-order valence-electron chi connectivity index (χ1n) is 11.7. The molecule has 1 aliphatic carbocycles. The summed E-state index contributed by atoms with van der Waals surface area (Å²) < 4.78 is 6.14. The number of imide groups is 1. The van der Waals surface area contributed by atoms with Crippen LogP contribution < -0.4 is 4.74 Å². The van der Waals surface area contributed by atoms with E-state index < -0.39 is 0 Å². The Kier molecular flexibility index (Phi) is 5.53. The summed E-state index contributed by atoms with van der Waals surface area (Å²) in [5, 5.41) is 0. The van der Waals surface area contributed by atoms with Crippen LogP contribution in [0.4, 0.5) is 0 Å². The second-order valence-electron chi connectivity index (χ2n) is 9.73. The van der Waals surface area contributed by atoms with Crippen LogP contribution in [-0.2, 0) is 5.41 Å². The molecule has 3 aromatic carbocycles. The number of nitrogens with zero attached hydrogens (tertiary/aromatic N) is 1. The van der Waals surface area contributed by atoms with Gasteiger partial charge >= 0.3 is 0 Å². The molecule has 3 aromatic rings. The zero-order valence-corrected chi connectivity index (χ0v) is 19.1. The number of para-hydroxylation sites is 1. The Bertz CT molecular complexity index is 1120. The summed E-state index contributed by atoms with van der Waals surface area (Å²) in [5.41, 5.74) is 2.22. The molecule has 1 heterocycles. The van der Waals surface area contributed by atoms with Crippen LogP contribution in [0.2, 0.25) is 0 Å². The molecule has 0 saturated heterocycles. The lowest BCUT2D eigenvalue weighted by Gasteiger charge is -2.33. The number of carbonyl (C=O) groups excluding carboxylic acids is 2. The van der Waals surface area contributed by atoms with Crippen molar-refractivity contribution in [3.8, 4) is 5.75 Å². The van der Waals surface area contributed by atoms with Crippen molar-refractivity contribution in [1.29, 1.82) is 0 Å². The molecule has 3 atom stereocenters. The van der Waals surface area contributed by atoms with E-state index in [4.69, 9.17) is 4.74 Å². The maximum absolute atomic E-state index is 13.3. The summed E-state index contributed by atoms with van der Waals surface area (Å²) >= 11 is 0. The van der Waals surface area contributed by atoms with Gasteiger partial charge in [-0.25, -0.2) is 0 Å². The Balaban J connectivity index is 1.44. The fraction of sp³-hybridized carbons (Fsp3) is 0.310. The van der Waals surface area contributed by atoms with Gasteiger partial charge < -0.3 is 4.74 Å². The average Bonchev–Trinajstić information content (AvgIpc) is 3.38. The van der Waals surface area contributed by atoms with Crippen LogP contribution in [0.3, 0.4) is 0 Å². The van der Waals surface area contributed by atoms with Crippen LogP contribution >= 0.6 is 0 Å². The average molecular weight is 440 g/mol. The Hall–Kier alpha value is -3.40. The Morgan fingerprint density at radius 2 is 1.33 bits per heavy atom. The molecule has 4 nitrogen and oxygen atoms in total. The minimum Gasteiger partial charge on any atom is -0.493 e. The molecule has 0 radical (unpaired) electrons. The highest BCUT2D eigenvalue weighted by Gasteiger charge is 2.50. The van der Waals surface area contributed by atoms with Gasteiger partial charge in [-0.3, -0.25) is 14.5 Å². The van der Waals surface area contributed by atoms with Crippen molar-refractivity contribution >= 4 is 11.8 Å². The molecule has 0 bridgehead atoms. The van der Waals surface area contributed by atoms with Crippen molar-refractivity contribution in [1.82, 2.24) is 4.90 Å². The predicted octanol–water partition coefficient (Wildman–Crippen LogP) is 5.73. The third-order valence-corrected chi connectivity index (χ3v) is 7.56. The summed E-state index contributed by atoms with van der Waals surface area (Å²) in [6.07, 6.45) is 1.67. The van der Waals surface area contributed by atoms with Crippen molar-refractivity contribution < 1.29 is 14.3 Å². The number of fused-ring (bicyclic) bond motifs is 1. The topological polar surface area (TPSA) is 46.6 Å². The first-order chi connectivity index (χ1) is 16.0. The number of hydrogen-bond acceptors (Lipinski definition) is 3. The fourth-order valence-electron chi connectivity index (χ4n) is 5.52. The SMILES string of the molecule is CC(C)(c1ccccc1)C1CC(COc2ccccc2)C(N2C(=O)c3ccccc3C2=O)C1. The Morgan fingerprint density at radius 3 is 1.94 bits per heavy atom. The third kappa shape index (κ3) is 3.84. The summed E-state index contributed by atoms with van der Waals surface area (Å²) in [6.45, 7) is 5.02. The third-order valence-electron chi connectivity index (χ3n) is 7.56. The lowest BCUT2D eigenvalue weighted by Crippen LogP contribution is -2.43. The van der Waals surface area contributed by atoms with Gasteiger partial charge in [0, 0.05) is 12.0 Å². The normalized spacial score (nSPS) is 22.5. The number of hydrogen-bond donors (Lipinski definition) is 0. The summed E-state index contributed by atoms with van der Waals surface area (Å²) in [6, 6.07) is 27.2. The molecule has 5 rings (SSSR count). The highest BCUT2D eigenvalue weighted by atomic mass is 16.5. The van der Waals surface area contributed by atoms with Crippen molar-refractivity contribution in [2.24, 2.45) is 11.8 Å². The molecule has 2 amide bonds. The first kappa shape index (κ1) is 21.4. The van der Waals surface area contributed by atoms with E-state index in [0.717, 1.165) is 18.6 Å². The number of amides is 2. The second kappa shape index (κ2) is 8.51. The summed E-state index contributed by atoms with van der Waals surface area (Å²) in [5.74, 6) is 0.843. The van der Waals surface area contributed by atoms with Gasteiger partial charge in [-0.05, 0) is 54.0 Å². The largest absolute Gasteiger partial charge is 0.493 e. The molecule has 0 aromatic heterocycles. The number of rotatable bonds is 6. The van der Waals surface area contributed by atoms with Gasteiger partial charge in [0.15, 0.2) is 0 Å². The molecule has 3 unspecified atom stereocenters. The monoisotopic (exact) mass is 439 g/mol. The van der Waals surface area contributed by atoms with Crippen LogP contribution in [0.5, 0.6) is 5.75 Å². The zero-order chi connectivity index (χ0) is 23.0. The van der Waals surface area contributed by atoms with Gasteiger partial charge in [0.2, 0.25) is 0 Å². The molecule has 1 aliphatic heterocycles. The maximum atomic E-state index is 13.3. The van der Waals surface area contributed by atoms with E-state index in [1.54, 1.807) is 12.1 Å². The number of ether oxygens (including phenoxy) is 1. The molecule has 33 heavy (non-hydrogen) atoms. The molecule has 1 fully saturated rings. The molecule has 0 N–H and O–H groups in total. The Morgan fingerprint density at radius 1 is 0.788 bits per heavy atom. The van der Waals surface area contributed by atoms with Crippen molar-refractivity contribution in [2.75, 3.05) is 6.61 Å². The summed E-state index contributed by atoms with van der Waals surface area (Å²) in [7, 11) is 0. The lowest BCUT2D eigenvalue weighted by atomic mass is 9.72. The molecule has 4 heteroatoms. The molecule has 0 spiro atoms. The fourth-order valence-corrected chi connectivity index (χ4v) is 5.52.